The highest BCUT2D eigenvalue weighted by atomic mass is 79.9. The highest BCUT2D eigenvalue weighted by molar-refractivity contribution is 9.10. The first-order valence-electron chi connectivity index (χ1n) is 5.71. The molecule has 0 aliphatic heterocycles. The summed E-state index contributed by atoms with van der Waals surface area (Å²) in [5.74, 6) is -0.284. The summed E-state index contributed by atoms with van der Waals surface area (Å²) >= 11 is 3.33. The van der Waals surface area contributed by atoms with Crippen molar-refractivity contribution in [1.29, 1.82) is 0 Å². The largest absolute Gasteiger partial charge is 0.369 e. The minimum absolute atomic E-state index is 0.249. The topological polar surface area (TPSA) is 43.1 Å². The molecule has 0 saturated carbocycles. The Morgan fingerprint density at radius 2 is 2.12 bits per heavy atom. The molecule has 1 aromatic rings. The molecule has 2 nitrogen and oxygen atoms in total. The summed E-state index contributed by atoms with van der Waals surface area (Å²) in [5.41, 5.74) is 9.45. The van der Waals surface area contributed by atoms with Gasteiger partial charge in [0.25, 0.3) is 0 Å². The summed E-state index contributed by atoms with van der Waals surface area (Å²) in [5, 5.41) is 0. The molecule has 3 heteroatoms. The Balaban J connectivity index is 2.24. The van der Waals surface area contributed by atoms with Crippen LogP contribution in [0.25, 0.3) is 0 Å². The molecule has 2 rings (SSSR count). The van der Waals surface area contributed by atoms with Crippen LogP contribution in [0, 0.1) is 0 Å². The lowest BCUT2D eigenvalue weighted by atomic mass is 9.87. The molecule has 0 heterocycles. The number of alkyl halides is 1. The maximum absolute atomic E-state index is 11.0. The molecule has 16 heavy (non-hydrogen) atoms. The number of hydrogen-bond donors (Lipinski definition) is 1. The maximum atomic E-state index is 11.0. The van der Waals surface area contributed by atoms with Gasteiger partial charge in [0.1, 0.15) is 0 Å². The van der Waals surface area contributed by atoms with Crippen molar-refractivity contribution in [2.45, 2.75) is 36.9 Å². The van der Waals surface area contributed by atoms with Crippen LogP contribution in [-0.4, -0.2) is 10.7 Å². The van der Waals surface area contributed by atoms with Crippen LogP contribution in [0.2, 0.25) is 0 Å². The van der Waals surface area contributed by atoms with E-state index in [1.807, 2.05) is 0 Å². The summed E-state index contributed by atoms with van der Waals surface area (Å²) in [6.07, 6.45) is 5.56. The zero-order valence-corrected chi connectivity index (χ0v) is 10.8. The van der Waals surface area contributed by atoms with Gasteiger partial charge in [-0.25, -0.2) is 0 Å². The molecule has 1 amide bonds. The lowest BCUT2D eigenvalue weighted by Gasteiger charge is -2.20. The molecule has 86 valence electrons. The van der Waals surface area contributed by atoms with Crippen molar-refractivity contribution in [2.75, 3.05) is 0 Å². The van der Waals surface area contributed by atoms with E-state index >= 15 is 0 Å². The van der Waals surface area contributed by atoms with Crippen LogP contribution in [0.1, 0.15) is 29.5 Å². The van der Waals surface area contributed by atoms with Crippen molar-refractivity contribution in [3.05, 3.63) is 34.9 Å². The van der Waals surface area contributed by atoms with E-state index in [9.17, 15) is 4.79 Å². The Bertz CT molecular complexity index is 403. The number of carbonyl (C=O) groups is 1. The Morgan fingerprint density at radius 1 is 1.38 bits per heavy atom. The Morgan fingerprint density at radius 3 is 2.88 bits per heavy atom. The van der Waals surface area contributed by atoms with Gasteiger partial charge >= 0.3 is 0 Å². The third-order valence-corrected chi connectivity index (χ3v) is 3.98. The van der Waals surface area contributed by atoms with Gasteiger partial charge in [0, 0.05) is 0 Å². The average molecular weight is 282 g/mol. The van der Waals surface area contributed by atoms with Crippen LogP contribution >= 0.6 is 15.9 Å². The normalized spacial score (nSPS) is 16.6. The minimum atomic E-state index is -0.284. The second-order valence-electron chi connectivity index (χ2n) is 4.34. The lowest BCUT2D eigenvalue weighted by Crippen LogP contribution is -2.25. The number of carbonyl (C=O) groups excluding carboxylic acids is 1. The second-order valence-corrected chi connectivity index (χ2v) is 5.44. The minimum Gasteiger partial charge on any atom is -0.369 e. The summed E-state index contributed by atoms with van der Waals surface area (Å²) in [4.78, 5) is 10.8. The zero-order valence-electron chi connectivity index (χ0n) is 9.21. The van der Waals surface area contributed by atoms with Crippen LogP contribution in [0.5, 0.6) is 0 Å². The predicted octanol–water partition coefficient (Wildman–Crippen LogP) is 2.36. The zero-order chi connectivity index (χ0) is 11.5. The number of rotatable bonds is 3. The van der Waals surface area contributed by atoms with E-state index in [-0.39, 0.29) is 10.7 Å². The molecule has 1 aliphatic rings. The van der Waals surface area contributed by atoms with E-state index in [1.54, 1.807) is 0 Å². The average Bonchev–Trinajstić information content (AvgIpc) is 2.29. The smallest absolute Gasteiger partial charge is 0.231 e. The van der Waals surface area contributed by atoms with Crippen molar-refractivity contribution in [2.24, 2.45) is 5.73 Å². The van der Waals surface area contributed by atoms with Crippen LogP contribution in [0.3, 0.4) is 0 Å². The van der Waals surface area contributed by atoms with Gasteiger partial charge in [-0.2, -0.15) is 0 Å². The highest BCUT2D eigenvalue weighted by Crippen LogP contribution is 2.26. The molecular formula is C13H16BrNO. The van der Waals surface area contributed by atoms with E-state index in [0.717, 1.165) is 6.42 Å². The highest BCUT2D eigenvalue weighted by Gasteiger charge is 2.17. The summed E-state index contributed by atoms with van der Waals surface area (Å²) in [6, 6.07) is 6.40. The molecule has 0 saturated heterocycles. The number of halogens is 1. The fraction of sp³-hybridized carbons (Fsp3) is 0.462. The van der Waals surface area contributed by atoms with E-state index in [2.05, 4.69) is 34.1 Å². The summed E-state index contributed by atoms with van der Waals surface area (Å²) in [6.45, 7) is 0. The Hall–Kier alpha value is -0.830. The van der Waals surface area contributed by atoms with Crippen LogP contribution in [0.15, 0.2) is 18.2 Å². The molecule has 1 atom stereocenters. The van der Waals surface area contributed by atoms with Gasteiger partial charge in [0.2, 0.25) is 5.91 Å². The van der Waals surface area contributed by atoms with Crippen molar-refractivity contribution in [3.63, 3.8) is 0 Å². The molecule has 1 unspecified atom stereocenters. The fourth-order valence-corrected chi connectivity index (χ4v) is 2.69. The first kappa shape index (κ1) is 11.6. The standard InChI is InChI=1S/C13H16BrNO/c14-12(13(15)16)8-10-6-3-5-9-4-1-2-7-11(9)10/h3,5-6,12H,1-2,4,7-8H2,(H2,15,16). The van der Waals surface area contributed by atoms with Gasteiger partial charge in [-0.05, 0) is 48.8 Å². The van der Waals surface area contributed by atoms with Gasteiger partial charge < -0.3 is 5.73 Å². The van der Waals surface area contributed by atoms with Crippen LogP contribution in [-0.2, 0) is 24.1 Å². The van der Waals surface area contributed by atoms with Crippen molar-refractivity contribution in [3.8, 4) is 0 Å². The molecule has 2 N–H and O–H groups in total. The van der Waals surface area contributed by atoms with Crippen LogP contribution < -0.4 is 5.73 Å². The van der Waals surface area contributed by atoms with Gasteiger partial charge in [0.05, 0.1) is 4.83 Å². The van der Waals surface area contributed by atoms with Crippen molar-refractivity contribution in [1.82, 2.24) is 0 Å². The van der Waals surface area contributed by atoms with E-state index < -0.39 is 0 Å². The number of amides is 1. The molecule has 1 aromatic carbocycles. The van der Waals surface area contributed by atoms with Crippen molar-refractivity contribution < 1.29 is 4.79 Å². The predicted molar refractivity (Wildman–Crippen MR) is 68.7 cm³/mol. The maximum Gasteiger partial charge on any atom is 0.231 e. The SMILES string of the molecule is NC(=O)C(Br)Cc1cccc2c1CCCC2. The summed E-state index contributed by atoms with van der Waals surface area (Å²) in [7, 11) is 0. The monoisotopic (exact) mass is 281 g/mol. The van der Waals surface area contributed by atoms with E-state index in [0.29, 0.717) is 6.42 Å². The van der Waals surface area contributed by atoms with Crippen LogP contribution in [0.4, 0.5) is 0 Å². The third-order valence-electron chi connectivity index (χ3n) is 3.20. The van der Waals surface area contributed by atoms with Gasteiger partial charge in [-0.1, -0.05) is 34.1 Å². The second kappa shape index (κ2) is 5.00. The van der Waals surface area contributed by atoms with Gasteiger partial charge in [0.15, 0.2) is 0 Å². The van der Waals surface area contributed by atoms with E-state index in [4.69, 9.17) is 5.73 Å². The van der Waals surface area contributed by atoms with E-state index in [1.165, 1.54) is 36.0 Å². The molecular weight excluding hydrogens is 266 g/mol. The van der Waals surface area contributed by atoms with Crippen molar-refractivity contribution >= 4 is 21.8 Å². The van der Waals surface area contributed by atoms with Gasteiger partial charge in [-0.15, -0.1) is 0 Å². The third kappa shape index (κ3) is 2.46. The number of fused-ring (bicyclic) bond motifs is 1. The Labute approximate surface area is 104 Å². The number of aryl methyl sites for hydroxylation is 1. The van der Waals surface area contributed by atoms with Gasteiger partial charge in [-0.3, -0.25) is 4.79 Å². The quantitative estimate of drug-likeness (QED) is 0.850. The Kier molecular flexibility index (Phi) is 3.64. The first-order chi connectivity index (χ1) is 7.68. The molecule has 0 spiro atoms. The number of nitrogens with two attached hydrogens (primary N) is 1. The number of benzene rings is 1. The number of primary amides is 1. The molecule has 0 radical (unpaired) electrons. The first-order valence-corrected chi connectivity index (χ1v) is 6.63. The fourth-order valence-electron chi connectivity index (χ4n) is 2.35. The molecule has 0 bridgehead atoms. The lowest BCUT2D eigenvalue weighted by molar-refractivity contribution is -0.117. The molecule has 0 fully saturated rings. The molecule has 0 aromatic heterocycles. The molecule has 1 aliphatic carbocycles. The number of hydrogen-bond acceptors (Lipinski definition) is 1. The summed E-state index contributed by atoms with van der Waals surface area (Å²) < 4.78 is 0.